The second-order valence-corrected chi connectivity index (χ2v) is 4.09. The van der Waals surface area contributed by atoms with Gasteiger partial charge >= 0.3 is 5.97 Å². The molecule has 1 fully saturated rings. The third-order valence-electron chi connectivity index (χ3n) is 3.06. The van der Waals surface area contributed by atoms with Crippen LogP contribution < -0.4 is 0 Å². The van der Waals surface area contributed by atoms with Gasteiger partial charge in [-0.3, -0.25) is 4.79 Å². The molecule has 1 aliphatic rings. The molecule has 13 heavy (non-hydrogen) atoms. The van der Waals surface area contributed by atoms with Crippen molar-refractivity contribution in [3.05, 3.63) is 0 Å². The molecular formula is C10H18O3. The van der Waals surface area contributed by atoms with E-state index >= 15 is 0 Å². The average molecular weight is 186 g/mol. The first-order chi connectivity index (χ1) is 6.10. The molecule has 1 rings (SSSR count). The number of hydrogen-bond donors (Lipinski definition) is 0. The van der Waals surface area contributed by atoms with Crippen molar-refractivity contribution in [2.75, 3.05) is 20.3 Å². The molecule has 0 bridgehead atoms. The number of methoxy groups -OCH3 is 1. The Morgan fingerprint density at radius 3 is 2.46 bits per heavy atom. The molecular weight excluding hydrogens is 168 g/mol. The van der Waals surface area contributed by atoms with E-state index < -0.39 is 0 Å². The molecule has 0 aliphatic carbocycles. The highest BCUT2D eigenvalue weighted by molar-refractivity contribution is 5.69. The number of carbonyl (C=O) groups is 1. The van der Waals surface area contributed by atoms with Gasteiger partial charge in [-0.15, -0.1) is 0 Å². The molecule has 0 aromatic rings. The van der Waals surface area contributed by atoms with Crippen molar-refractivity contribution in [3.63, 3.8) is 0 Å². The second kappa shape index (κ2) is 4.09. The molecule has 0 radical (unpaired) electrons. The van der Waals surface area contributed by atoms with Gasteiger partial charge in [0.05, 0.1) is 20.3 Å². The summed E-state index contributed by atoms with van der Waals surface area (Å²) in [5, 5.41) is 0. The Balaban J connectivity index is 2.36. The average Bonchev–Trinajstić information content (AvgIpc) is 2.01. The largest absolute Gasteiger partial charge is 0.469 e. The summed E-state index contributed by atoms with van der Waals surface area (Å²) in [6.45, 7) is 5.95. The lowest BCUT2D eigenvalue weighted by Crippen LogP contribution is -2.46. The molecule has 0 spiro atoms. The number of ether oxygens (including phenoxy) is 2. The van der Waals surface area contributed by atoms with E-state index in [0.29, 0.717) is 12.3 Å². The third-order valence-corrected chi connectivity index (χ3v) is 3.06. The Bertz CT molecular complexity index is 183. The molecule has 0 unspecified atom stereocenters. The Hall–Kier alpha value is -0.570. The van der Waals surface area contributed by atoms with Gasteiger partial charge in [-0.1, -0.05) is 13.8 Å². The highest BCUT2D eigenvalue weighted by atomic mass is 16.5. The molecule has 1 saturated heterocycles. The topological polar surface area (TPSA) is 35.5 Å². The zero-order valence-electron chi connectivity index (χ0n) is 8.63. The van der Waals surface area contributed by atoms with Crippen molar-refractivity contribution in [2.45, 2.75) is 26.7 Å². The van der Waals surface area contributed by atoms with E-state index in [4.69, 9.17) is 4.74 Å². The molecule has 0 amide bonds. The molecule has 76 valence electrons. The first-order valence-electron chi connectivity index (χ1n) is 4.75. The van der Waals surface area contributed by atoms with Crippen LogP contribution in [0.2, 0.25) is 0 Å². The monoisotopic (exact) mass is 186 g/mol. The van der Waals surface area contributed by atoms with Crippen LogP contribution in [0, 0.1) is 11.3 Å². The molecule has 1 aliphatic heterocycles. The van der Waals surface area contributed by atoms with E-state index in [9.17, 15) is 4.79 Å². The van der Waals surface area contributed by atoms with Gasteiger partial charge in [0.2, 0.25) is 0 Å². The van der Waals surface area contributed by atoms with E-state index in [-0.39, 0.29) is 11.4 Å². The van der Waals surface area contributed by atoms with E-state index in [1.165, 1.54) is 7.11 Å². The summed E-state index contributed by atoms with van der Waals surface area (Å²) >= 11 is 0. The fourth-order valence-corrected chi connectivity index (χ4v) is 1.58. The van der Waals surface area contributed by atoms with Crippen LogP contribution in [0.4, 0.5) is 0 Å². The van der Waals surface area contributed by atoms with Crippen LogP contribution >= 0.6 is 0 Å². The van der Waals surface area contributed by atoms with Crippen molar-refractivity contribution in [1.29, 1.82) is 0 Å². The Morgan fingerprint density at radius 2 is 2.15 bits per heavy atom. The lowest BCUT2D eigenvalue weighted by molar-refractivity contribution is -0.155. The molecule has 0 aromatic heterocycles. The van der Waals surface area contributed by atoms with Crippen molar-refractivity contribution in [3.8, 4) is 0 Å². The fraction of sp³-hybridized carbons (Fsp3) is 0.900. The van der Waals surface area contributed by atoms with Gasteiger partial charge in [0.15, 0.2) is 0 Å². The zero-order chi connectivity index (χ0) is 9.90. The van der Waals surface area contributed by atoms with Crippen molar-refractivity contribution < 1.29 is 14.3 Å². The molecule has 0 atom stereocenters. The van der Waals surface area contributed by atoms with Crippen molar-refractivity contribution in [1.82, 2.24) is 0 Å². The first kappa shape index (κ1) is 10.5. The van der Waals surface area contributed by atoms with E-state index in [1.807, 2.05) is 0 Å². The molecule has 3 heteroatoms. The van der Waals surface area contributed by atoms with Gasteiger partial charge < -0.3 is 9.47 Å². The van der Waals surface area contributed by atoms with E-state index in [1.54, 1.807) is 0 Å². The summed E-state index contributed by atoms with van der Waals surface area (Å²) in [5.41, 5.74) is 0.230. The maximum atomic E-state index is 11.0. The predicted molar refractivity (Wildman–Crippen MR) is 49.3 cm³/mol. The van der Waals surface area contributed by atoms with Gasteiger partial charge in [0.25, 0.3) is 0 Å². The Labute approximate surface area is 79.4 Å². The van der Waals surface area contributed by atoms with Crippen LogP contribution in [0.15, 0.2) is 0 Å². The summed E-state index contributed by atoms with van der Waals surface area (Å²) in [5.74, 6) is 0.456. The molecule has 1 heterocycles. The summed E-state index contributed by atoms with van der Waals surface area (Å²) in [6.07, 6.45) is 1.40. The SMILES string of the molecule is COC(=O)CCC1(C(C)C)COC1. The number of esters is 1. The standard InChI is InChI=1S/C10H18O3/c1-8(2)10(6-13-7-10)5-4-9(11)12-3/h8H,4-7H2,1-3H3. The predicted octanol–water partition coefficient (Wildman–Crippen LogP) is 1.61. The Kier molecular flexibility index (Phi) is 3.31. The fourth-order valence-electron chi connectivity index (χ4n) is 1.58. The zero-order valence-corrected chi connectivity index (χ0v) is 8.63. The lowest BCUT2D eigenvalue weighted by atomic mass is 9.72. The maximum absolute atomic E-state index is 11.0. The smallest absolute Gasteiger partial charge is 0.305 e. The van der Waals surface area contributed by atoms with E-state index in [2.05, 4.69) is 18.6 Å². The van der Waals surface area contributed by atoms with Crippen molar-refractivity contribution >= 4 is 5.97 Å². The minimum atomic E-state index is -0.119. The van der Waals surface area contributed by atoms with Gasteiger partial charge in [-0.2, -0.15) is 0 Å². The molecule has 0 aromatic carbocycles. The number of hydrogen-bond acceptors (Lipinski definition) is 3. The van der Waals surface area contributed by atoms with Crippen LogP contribution in [-0.4, -0.2) is 26.3 Å². The summed E-state index contributed by atoms with van der Waals surface area (Å²) in [6, 6.07) is 0. The number of rotatable bonds is 4. The summed E-state index contributed by atoms with van der Waals surface area (Å²) in [7, 11) is 1.43. The van der Waals surface area contributed by atoms with Crippen LogP contribution in [0.25, 0.3) is 0 Å². The highest BCUT2D eigenvalue weighted by Gasteiger charge is 2.41. The molecule has 3 nitrogen and oxygen atoms in total. The minimum absolute atomic E-state index is 0.119. The quantitative estimate of drug-likeness (QED) is 0.626. The second-order valence-electron chi connectivity index (χ2n) is 4.09. The van der Waals surface area contributed by atoms with Gasteiger partial charge in [-0.05, 0) is 12.3 Å². The maximum Gasteiger partial charge on any atom is 0.305 e. The van der Waals surface area contributed by atoms with Crippen molar-refractivity contribution in [2.24, 2.45) is 11.3 Å². The number of carbonyl (C=O) groups excluding carboxylic acids is 1. The minimum Gasteiger partial charge on any atom is -0.469 e. The summed E-state index contributed by atoms with van der Waals surface area (Å²) in [4.78, 5) is 11.0. The van der Waals surface area contributed by atoms with Gasteiger partial charge in [0.1, 0.15) is 0 Å². The Morgan fingerprint density at radius 1 is 1.54 bits per heavy atom. The third kappa shape index (κ3) is 2.21. The highest BCUT2D eigenvalue weighted by Crippen LogP contribution is 2.39. The van der Waals surface area contributed by atoms with E-state index in [0.717, 1.165) is 19.6 Å². The first-order valence-corrected chi connectivity index (χ1v) is 4.75. The van der Waals surface area contributed by atoms with Crippen LogP contribution in [-0.2, 0) is 14.3 Å². The van der Waals surface area contributed by atoms with Gasteiger partial charge in [-0.25, -0.2) is 0 Å². The lowest BCUT2D eigenvalue weighted by Gasteiger charge is -2.44. The van der Waals surface area contributed by atoms with Gasteiger partial charge in [0, 0.05) is 11.8 Å². The van der Waals surface area contributed by atoms with Crippen LogP contribution in [0.1, 0.15) is 26.7 Å². The molecule has 0 saturated carbocycles. The molecule has 0 N–H and O–H groups in total. The van der Waals surface area contributed by atoms with Crippen LogP contribution in [0.5, 0.6) is 0 Å². The summed E-state index contributed by atoms with van der Waals surface area (Å²) < 4.78 is 9.83. The van der Waals surface area contributed by atoms with Crippen LogP contribution in [0.3, 0.4) is 0 Å². The normalized spacial score (nSPS) is 19.7.